The Labute approximate surface area is 160 Å². The van der Waals surface area contributed by atoms with Gasteiger partial charge in [-0.25, -0.2) is 8.42 Å². The quantitative estimate of drug-likeness (QED) is 0.778. The summed E-state index contributed by atoms with van der Waals surface area (Å²) < 4.78 is 33.0. The molecule has 1 heterocycles. The number of para-hydroxylation sites is 2. The Balaban J connectivity index is 1.75. The molecular weight excluding hydrogens is 372 g/mol. The summed E-state index contributed by atoms with van der Waals surface area (Å²) in [5.74, 6) is 0.833. The minimum absolute atomic E-state index is 0.294. The van der Waals surface area contributed by atoms with Gasteiger partial charge in [-0.05, 0) is 49.7 Å². The van der Waals surface area contributed by atoms with Crippen molar-refractivity contribution in [3.8, 4) is 5.75 Å². The lowest BCUT2D eigenvalue weighted by Crippen LogP contribution is -2.48. The third-order valence-electron chi connectivity index (χ3n) is 4.51. The largest absolute Gasteiger partial charge is 0.492 e. The molecule has 1 aliphatic heterocycles. The summed E-state index contributed by atoms with van der Waals surface area (Å²) in [6, 6.07) is 12.7. The summed E-state index contributed by atoms with van der Waals surface area (Å²) in [6.45, 7) is 6.47. The highest BCUT2D eigenvalue weighted by atomic mass is 35.5. The lowest BCUT2D eigenvalue weighted by molar-refractivity contribution is 0.337. The van der Waals surface area contributed by atoms with E-state index in [1.807, 2.05) is 38.1 Å². The highest BCUT2D eigenvalue weighted by molar-refractivity contribution is 7.89. The number of aryl methyl sites for hydroxylation is 1. The first-order chi connectivity index (χ1) is 12.4. The Morgan fingerprint density at radius 2 is 1.77 bits per heavy atom. The molecule has 0 aromatic heterocycles. The zero-order chi connectivity index (χ0) is 18.7. The molecule has 0 N–H and O–H groups in total. The summed E-state index contributed by atoms with van der Waals surface area (Å²) in [5.41, 5.74) is 1.77. The smallest absolute Gasteiger partial charge is 0.243 e. The van der Waals surface area contributed by atoms with Crippen molar-refractivity contribution in [3.63, 3.8) is 0 Å². The third kappa shape index (κ3) is 3.82. The standard InChI is InChI=1S/C19H23ClN2O3S/c1-3-25-19-7-5-4-6-18(19)21-10-12-22(13-11-21)26(23,24)16-8-9-17(20)15(2)14-16/h4-9,14H,3,10-13H2,1-2H3. The van der Waals surface area contributed by atoms with E-state index in [9.17, 15) is 8.42 Å². The number of benzene rings is 2. The van der Waals surface area contributed by atoms with Crippen molar-refractivity contribution in [2.45, 2.75) is 18.7 Å². The van der Waals surface area contributed by atoms with Crippen LogP contribution in [0.15, 0.2) is 47.4 Å². The van der Waals surface area contributed by atoms with E-state index >= 15 is 0 Å². The molecule has 2 aromatic rings. The maximum Gasteiger partial charge on any atom is 0.243 e. The second-order valence-electron chi connectivity index (χ2n) is 6.20. The zero-order valence-electron chi connectivity index (χ0n) is 15.0. The molecule has 3 rings (SSSR count). The first kappa shape index (κ1) is 19.0. The second-order valence-corrected chi connectivity index (χ2v) is 8.55. The average Bonchev–Trinajstić information content (AvgIpc) is 2.65. The van der Waals surface area contributed by atoms with Crippen molar-refractivity contribution < 1.29 is 13.2 Å². The van der Waals surface area contributed by atoms with Gasteiger partial charge in [0.15, 0.2) is 0 Å². The number of rotatable bonds is 5. The Kier molecular flexibility index (Phi) is 5.75. The summed E-state index contributed by atoms with van der Waals surface area (Å²) in [6.07, 6.45) is 0. The predicted octanol–water partition coefficient (Wildman–Crippen LogP) is 3.56. The highest BCUT2D eigenvalue weighted by Gasteiger charge is 2.29. The molecule has 0 saturated carbocycles. The molecule has 0 spiro atoms. The van der Waals surface area contributed by atoms with Gasteiger partial charge in [0.2, 0.25) is 10.0 Å². The van der Waals surface area contributed by atoms with Crippen LogP contribution in [0.25, 0.3) is 0 Å². The molecule has 26 heavy (non-hydrogen) atoms. The Morgan fingerprint density at radius 1 is 1.08 bits per heavy atom. The van der Waals surface area contributed by atoms with Crippen molar-refractivity contribution in [3.05, 3.63) is 53.1 Å². The summed E-state index contributed by atoms with van der Waals surface area (Å²) in [5, 5.41) is 0.571. The van der Waals surface area contributed by atoms with Gasteiger partial charge in [-0.15, -0.1) is 0 Å². The van der Waals surface area contributed by atoms with Crippen LogP contribution in [0.3, 0.4) is 0 Å². The fourth-order valence-electron chi connectivity index (χ4n) is 3.09. The van der Waals surface area contributed by atoms with Gasteiger partial charge in [0.05, 0.1) is 17.2 Å². The van der Waals surface area contributed by atoms with E-state index < -0.39 is 10.0 Å². The van der Waals surface area contributed by atoms with Crippen LogP contribution in [0.2, 0.25) is 5.02 Å². The normalized spacial score (nSPS) is 15.9. The van der Waals surface area contributed by atoms with Crippen molar-refractivity contribution in [2.24, 2.45) is 0 Å². The monoisotopic (exact) mass is 394 g/mol. The molecule has 0 atom stereocenters. The van der Waals surface area contributed by atoms with Gasteiger partial charge in [0.1, 0.15) is 5.75 Å². The summed E-state index contributed by atoms with van der Waals surface area (Å²) in [4.78, 5) is 2.46. The van der Waals surface area contributed by atoms with Gasteiger partial charge in [-0.1, -0.05) is 23.7 Å². The van der Waals surface area contributed by atoms with Crippen molar-refractivity contribution in [1.29, 1.82) is 0 Å². The Bertz CT molecular complexity index is 878. The number of anilines is 1. The molecule has 2 aromatic carbocycles. The van der Waals surface area contributed by atoms with Crippen molar-refractivity contribution in [2.75, 3.05) is 37.7 Å². The number of sulfonamides is 1. The van der Waals surface area contributed by atoms with E-state index in [1.165, 1.54) is 4.31 Å². The molecule has 7 heteroatoms. The molecule has 140 valence electrons. The summed E-state index contributed by atoms with van der Waals surface area (Å²) >= 11 is 6.02. The number of ether oxygens (including phenoxy) is 1. The topological polar surface area (TPSA) is 49.9 Å². The minimum Gasteiger partial charge on any atom is -0.492 e. The number of nitrogens with zero attached hydrogens (tertiary/aromatic N) is 2. The van der Waals surface area contributed by atoms with Gasteiger partial charge >= 0.3 is 0 Å². The van der Waals surface area contributed by atoms with E-state index in [4.69, 9.17) is 16.3 Å². The van der Waals surface area contributed by atoms with Crippen LogP contribution in [0.4, 0.5) is 5.69 Å². The van der Waals surface area contributed by atoms with Gasteiger partial charge in [0.25, 0.3) is 0 Å². The third-order valence-corrected chi connectivity index (χ3v) is 6.83. The molecule has 0 aliphatic carbocycles. The van der Waals surface area contributed by atoms with Crippen molar-refractivity contribution >= 4 is 27.3 Å². The van der Waals surface area contributed by atoms with Gasteiger partial charge in [-0.3, -0.25) is 0 Å². The first-order valence-electron chi connectivity index (χ1n) is 8.66. The van der Waals surface area contributed by atoms with Crippen LogP contribution < -0.4 is 9.64 Å². The Morgan fingerprint density at radius 3 is 2.42 bits per heavy atom. The molecule has 0 bridgehead atoms. The van der Waals surface area contributed by atoms with E-state index in [-0.39, 0.29) is 0 Å². The zero-order valence-corrected chi connectivity index (χ0v) is 16.6. The number of piperazine rings is 1. The lowest BCUT2D eigenvalue weighted by Gasteiger charge is -2.36. The van der Waals surface area contributed by atoms with Crippen LogP contribution in [0.1, 0.15) is 12.5 Å². The van der Waals surface area contributed by atoms with Crippen LogP contribution in [0.5, 0.6) is 5.75 Å². The van der Waals surface area contributed by atoms with Gasteiger partial charge in [-0.2, -0.15) is 4.31 Å². The molecule has 0 unspecified atom stereocenters. The molecule has 1 aliphatic rings. The van der Waals surface area contributed by atoms with Gasteiger partial charge in [0, 0.05) is 31.2 Å². The molecule has 1 saturated heterocycles. The number of hydrogen-bond donors (Lipinski definition) is 0. The number of hydrogen-bond acceptors (Lipinski definition) is 4. The lowest BCUT2D eigenvalue weighted by atomic mass is 10.2. The SMILES string of the molecule is CCOc1ccccc1N1CCN(S(=O)(=O)c2ccc(Cl)c(C)c2)CC1. The molecular formula is C19H23ClN2O3S. The maximum absolute atomic E-state index is 12.9. The fraction of sp³-hybridized carbons (Fsp3) is 0.368. The second kappa shape index (κ2) is 7.86. The van der Waals surface area contributed by atoms with Crippen LogP contribution in [0, 0.1) is 6.92 Å². The highest BCUT2D eigenvalue weighted by Crippen LogP contribution is 2.30. The Hall–Kier alpha value is -1.76. The molecule has 0 amide bonds. The van der Waals surface area contributed by atoms with E-state index in [0.29, 0.717) is 42.7 Å². The fourth-order valence-corrected chi connectivity index (χ4v) is 4.72. The van der Waals surface area contributed by atoms with Gasteiger partial charge < -0.3 is 9.64 Å². The average molecular weight is 395 g/mol. The predicted molar refractivity (Wildman–Crippen MR) is 105 cm³/mol. The first-order valence-corrected chi connectivity index (χ1v) is 10.5. The molecule has 5 nitrogen and oxygen atoms in total. The maximum atomic E-state index is 12.9. The van der Waals surface area contributed by atoms with Crippen LogP contribution in [-0.4, -0.2) is 45.5 Å². The number of halogens is 1. The van der Waals surface area contributed by atoms with E-state index in [2.05, 4.69) is 4.90 Å². The molecule has 1 fully saturated rings. The van der Waals surface area contributed by atoms with E-state index in [0.717, 1.165) is 17.0 Å². The van der Waals surface area contributed by atoms with Crippen LogP contribution in [-0.2, 0) is 10.0 Å². The summed E-state index contributed by atoms with van der Waals surface area (Å²) in [7, 11) is -3.51. The van der Waals surface area contributed by atoms with Crippen molar-refractivity contribution in [1.82, 2.24) is 4.31 Å². The van der Waals surface area contributed by atoms with E-state index in [1.54, 1.807) is 18.2 Å². The minimum atomic E-state index is -3.51. The molecule has 0 radical (unpaired) electrons. The van der Waals surface area contributed by atoms with Crippen LogP contribution >= 0.6 is 11.6 Å².